The number of nitriles is 1. The Balaban J connectivity index is 1.89. The molecule has 0 atom stereocenters. The Kier molecular flexibility index (Phi) is 5.99. The maximum absolute atomic E-state index is 8.82. The molecule has 1 N–H and O–H groups in total. The van der Waals surface area contributed by atoms with Gasteiger partial charge in [-0.2, -0.15) is 5.26 Å². The maximum Gasteiger partial charge on any atom is 0.0991 e. The summed E-state index contributed by atoms with van der Waals surface area (Å²) in [6, 6.07) is 9.86. The van der Waals surface area contributed by atoms with Crippen LogP contribution in [0.25, 0.3) is 0 Å². The van der Waals surface area contributed by atoms with Crippen LogP contribution in [0.5, 0.6) is 0 Å². The fraction of sp³-hybridized carbons (Fsp3) is 0.412. The van der Waals surface area contributed by atoms with Crippen molar-refractivity contribution in [1.29, 1.82) is 5.26 Å². The minimum Gasteiger partial charge on any atom is -0.330 e. The van der Waals surface area contributed by atoms with Gasteiger partial charge in [-0.1, -0.05) is 25.5 Å². The van der Waals surface area contributed by atoms with E-state index in [1.165, 1.54) is 24.1 Å². The third-order valence-corrected chi connectivity index (χ3v) is 3.50. The summed E-state index contributed by atoms with van der Waals surface area (Å²) < 4.78 is 2.17. The number of hydrogen-bond acceptors (Lipinski definition) is 3. The molecule has 1 aromatic carbocycles. The number of benzene rings is 1. The van der Waals surface area contributed by atoms with Gasteiger partial charge in [-0.25, -0.2) is 4.98 Å². The van der Waals surface area contributed by atoms with E-state index in [9.17, 15) is 0 Å². The van der Waals surface area contributed by atoms with Crippen LogP contribution in [0.15, 0.2) is 36.8 Å². The van der Waals surface area contributed by atoms with Gasteiger partial charge in [0, 0.05) is 31.4 Å². The van der Waals surface area contributed by atoms with Crippen molar-refractivity contribution in [1.82, 2.24) is 14.9 Å². The molecular weight excluding hydrogens is 260 g/mol. The number of nitrogens with zero attached hydrogens (tertiary/aromatic N) is 3. The smallest absolute Gasteiger partial charge is 0.0991 e. The van der Waals surface area contributed by atoms with Gasteiger partial charge in [-0.3, -0.25) is 0 Å². The normalized spacial score (nSPS) is 10.5. The number of nitrogens with one attached hydrogen (secondary N) is 1. The quantitative estimate of drug-likeness (QED) is 0.757. The summed E-state index contributed by atoms with van der Waals surface area (Å²) in [7, 11) is 0. The van der Waals surface area contributed by atoms with Gasteiger partial charge in [0.25, 0.3) is 0 Å². The van der Waals surface area contributed by atoms with Crippen LogP contribution >= 0.6 is 0 Å². The van der Waals surface area contributed by atoms with Crippen molar-refractivity contribution in [2.24, 2.45) is 0 Å². The van der Waals surface area contributed by atoms with E-state index in [0.29, 0.717) is 5.56 Å². The molecule has 21 heavy (non-hydrogen) atoms. The Morgan fingerprint density at radius 3 is 2.76 bits per heavy atom. The fourth-order valence-corrected chi connectivity index (χ4v) is 2.22. The Morgan fingerprint density at radius 2 is 2.05 bits per heavy atom. The molecule has 0 bridgehead atoms. The second-order valence-corrected chi connectivity index (χ2v) is 5.18. The first-order chi connectivity index (χ1) is 10.3. The summed E-state index contributed by atoms with van der Waals surface area (Å²) in [5, 5.41) is 12.3. The SMILES string of the molecule is CCCCNCCc1cncn1Cc1ccc(C#N)cc1. The molecule has 0 unspecified atom stereocenters. The molecule has 4 nitrogen and oxygen atoms in total. The van der Waals surface area contributed by atoms with Crippen LogP contribution in [0.4, 0.5) is 0 Å². The van der Waals surface area contributed by atoms with Gasteiger partial charge in [0.1, 0.15) is 0 Å². The lowest BCUT2D eigenvalue weighted by Gasteiger charge is -2.09. The van der Waals surface area contributed by atoms with Crippen LogP contribution in [-0.2, 0) is 13.0 Å². The minimum absolute atomic E-state index is 0.699. The Morgan fingerprint density at radius 1 is 1.24 bits per heavy atom. The Hall–Kier alpha value is -2.12. The molecule has 4 heteroatoms. The highest BCUT2D eigenvalue weighted by molar-refractivity contribution is 5.31. The summed E-state index contributed by atoms with van der Waals surface area (Å²) >= 11 is 0. The van der Waals surface area contributed by atoms with Crippen molar-refractivity contribution < 1.29 is 0 Å². The molecule has 0 fully saturated rings. The van der Waals surface area contributed by atoms with E-state index in [1.54, 1.807) is 0 Å². The zero-order valence-corrected chi connectivity index (χ0v) is 12.5. The van der Waals surface area contributed by atoms with E-state index in [2.05, 4.69) is 27.9 Å². The van der Waals surface area contributed by atoms with E-state index < -0.39 is 0 Å². The van der Waals surface area contributed by atoms with Crippen LogP contribution in [-0.4, -0.2) is 22.6 Å². The van der Waals surface area contributed by atoms with Crippen LogP contribution < -0.4 is 5.32 Å². The topological polar surface area (TPSA) is 53.6 Å². The summed E-state index contributed by atoms with van der Waals surface area (Å²) in [5.41, 5.74) is 3.13. The van der Waals surface area contributed by atoms with Crippen LogP contribution in [0.1, 0.15) is 36.6 Å². The van der Waals surface area contributed by atoms with Gasteiger partial charge in [-0.05, 0) is 30.7 Å². The Labute approximate surface area is 126 Å². The standard InChI is InChI=1S/C17H22N4/c1-2-3-9-19-10-8-17-12-20-14-21(17)13-16-6-4-15(11-18)5-7-16/h4-7,12,14,19H,2-3,8-10,13H2,1H3. The Bertz CT molecular complexity index is 578. The zero-order chi connectivity index (χ0) is 14.9. The number of imidazole rings is 1. The molecule has 0 saturated carbocycles. The van der Waals surface area contributed by atoms with E-state index in [4.69, 9.17) is 5.26 Å². The maximum atomic E-state index is 8.82. The van der Waals surface area contributed by atoms with Crippen molar-refractivity contribution in [2.45, 2.75) is 32.7 Å². The third kappa shape index (κ3) is 4.73. The van der Waals surface area contributed by atoms with Crippen LogP contribution in [0, 0.1) is 11.3 Å². The first-order valence-electron chi connectivity index (χ1n) is 7.52. The van der Waals surface area contributed by atoms with Crippen molar-refractivity contribution >= 4 is 0 Å². The predicted molar refractivity (Wildman–Crippen MR) is 84.0 cm³/mol. The van der Waals surface area contributed by atoms with Gasteiger partial charge < -0.3 is 9.88 Å². The number of rotatable bonds is 8. The van der Waals surface area contributed by atoms with Crippen molar-refractivity contribution in [3.8, 4) is 6.07 Å². The average Bonchev–Trinajstić information content (AvgIpc) is 2.95. The van der Waals surface area contributed by atoms with Crippen molar-refractivity contribution in [3.05, 3.63) is 53.6 Å². The lowest BCUT2D eigenvalue weighted by molar-refractivity contribution is 0.623. The van der Waals surface area contributed by atoms with Crippen molar-refractivity contribution in [2.75, 3.05) is 13.1 Å². The van der Waals surface area contributed by atoms with Crippen LogP contribution in [0.3, 0.4) is 0 Å². The van der Waals surface area contributed by atoms with Gasteiger partial charge in [0.05, 0.1) is 18.0 Å². The average molecular weight is 282 g/mol. The third-order valence-electron chi connectivity index (χ3n) is 3.50. The first-order valence-corrected chi connectivity index (χ1v) is 7.52. The second-order valence-electron chi connectivity index (χ2n) is 5.18. The largest absolute Gasteiger partial charge is 0.330 e. The number of unbranched alkanes of at least 4 members (excludes halogenated alkanes) is 1. The second kappa shape index (κ2) is 8.23. The van der Waals surface area contributed by atoms with Gasteiger partial charge >= 0.3 is 0 Å². The van der Waals surface area contributed by atoms with E-state index in [-0.39, 0.29) is 0 Å². The molecular formula is C17H22N4. The van der Waals surface area contributed by atoms with Crippen LogP contribution in [0.2, 0.25) is 0 Å². The highest BCUT2D eigenvalue weighted by atomic mass is 15.0. The molecule has 0 spiro atoms. The molecule has 2 aromatic rings. The molecule has 0 aliphatic rings. The molecule has 0 aliphatic carbocycles. The molecule has 110 valence electrons. The van der Waals surface area contributed by atoms with E-state index in [1.807, 2.05) is 36.8 Å². The highest BCUT2D eigenvalue weighted by Gasteiger charge is 2.03. The van der Waals surface area contributed by atoms with Gasteiger partial charge in [-0.15, -0.1) is 0 Å². The summed E-state index contributed by atoms with van der Waals surface area (Å²) in [6.07, 6.45) is 7.25. The summed E-state index contributed by atoms with van der Waals surface area (Å²) in [5.74, 6) is 0. The van der Waals surface area contributed by atoms with Gasteiger partial charge in [0.15, 0.2) is 0 Å². The molecule has 0 aliphatic heterocycles. The minimum atomic E-state index is 0.699. The molecule has 0 saturated heterocycles. The van der Waals surface area contributed by atoms with E-state index in [0.717, 1.165) is 26.1 Å². The summed E-state index contributed by atoms with van der Waals surface area (Å²) in [4.78, 5) is 4.25. The molecule has 1 aromatic heterocycles. The molecule has 2 rings (SSSR count). The van der Waals surface area contributed by atoms with E-state index >= 15 is 0 Å². The lowest BCUT2D eigenvalue weighted by atomic mass is 10.1. The zero-order valence-electron chi connectivity index (χ0n) is 12.5. The summed E-state index contributed by atoms with van der Waals surface area (Å²) in [6.45, 7) is 5.07. The highest BCUT2D eigenvalue weighted by Crippen LogP contribution is 2.08. The predicted octanol–water partition coefficient (Wildman–Crippen LogP) is 2.74. The molecule has 0 amide bonds. The van der Waals surface area contributed by atoms with Gasteiger partial charge in [0.2, 0.25) is 0 Å². The first kappa shape index (κ1) is 15.3. The molecule has 0 radical (unpaired) electrons. The van der Waals surface area contributed by atoms with Crippen molar-refractivity contribution in [3.63, 3.8) is 0 Å². The number of hydrogen-bond donors (Lipinski definition) is 1. The number of aromatic nitrogens is 2. The lowest BCUT2D eigenvalue weighted by Crippen LogP contribution is -2.19. The molecule has 1 heterocycles. The fourth-order valence-electron chi connectivity index (χ4n) is 2.22. The monoisotopic (exact) mass is 282 g/mol.